The summed E-state index contributed by atoms with van der Waals surface area (Å²) >= 11 is 1.20. The van der Waals surface area contributed by atoms with Crippen LogP contribution in [0.15, 0.2) is 48.8 Å². The number of carbonyl (C=O) groups is 2. The minimum absolute atomic E-state index is 0.114. The van der Waals surface area contributed by atoms with Crippen molar-refractivity contribution in [3.05, 3.63) is 60.2 Å². The zero-order valence-corrected chi connectivity index (χ0v) is 15.3. The Bertz CT molecular complexity index is 710. The predicted molar refractivity (Wildman–Crippen MR) is 100 cm³/mol. The van der Waals surface area contributed by atoms with Gasteiger partial charge in [0.2, 0.25) is 5.91 Å². The van der Waals surface area contributed by atoms with E-state index in [4.69, 9.17) is 4.74 Å². The van der Waals surface area contributed by atoms with E-state index < -0.39 is 5.25 Å². The van der Waals surface area contributed by atoms with Crippen molar-refractivity contribution >= 4 is 29.3 Å². The van der Waals surface area contributed by atoms with Crippen LogP contribution in [0, 0.1) is 5.82 Å². The van der Waals surface area contributed by atoms with Gasteiger partial charge in [-0.25, -0.2) is 4.39 Å². The zero-order chi connectivity index (χ0) is 18.8. The smallest absolute Gasteiger partial charge is 0.318 e. The molecule has 2 rings (SSSR count). The van der Waals surface area contributed by atoms with Crippen LogP contribution < -0.4 is 5.32 Å². The molecule has 1 aromatic heterocycles. The van der Waals surface area contributed by atoms with E-state index in [9.17, 15) is 14.0 Å². The number of aromatic nitrogens is 1. The van der Waals surface area contributed by atoms with Crippen LogP contribution in [0.25, 0.3) is 0 Å². The van der Waals surface area contributed by atoms with Crippen LogP contribution in [0.3, 0.4) is 0 Å². The Hall–Kier alpha value is -2.41. The van der Waals surface area contributed by atoms with Crippen molar-refractivity contribution in [2.45, 2.75) is 25.0 Å². The van der Waals surface area contributed by atoms with Crippen molar-refractivity contribution < 1.29 is 18.7 Å². The lowest BCUT2D eigenvalue weighted by molar-refractivity contribution is -0.142. The fourth-order valence-corrected chi connectivity index (χ4v) is 2.79. The standard InChI is InChI=1S/C19H21FN2O3S/c1-14(19(24)25-11-3-5-15-4-2-10-21-12-15)26-13-18(23)22-17-8-6-16(20)7-9-17/h2,4,6-10,12,14H,3,5,11,13H2,1H3,(H,22,23). The average Bonchev–Trinajstić information content (AvgIpc) is 2.66. The Morgan fingerprint density at radius 2 is 2.04 bits per heavy atom. The van der Waals surface area contributed by atoms with E-state index >= 15 is 0 Å². The average molecular weight is 376 g/mol. The largest absolute Gasteiger partial charge is 0.465 e. The van der Waals surface area contributed by atoms with E-state index in [1.165, 1.54) is 36.0 Å². The van der Waals surface area contributed by atoms with Gasteiger partial charge in [-0.1, -0.05) is 6.07 Å². The van der Waals surface area contributed by atoms with Crippen LogP contribution in [0.4, 0.5) is 10.1 Å². The number of rotatable bonds is 9. The summed E-state index contributed by atoms with van der Waals surface area (Å²) in [5.41, 5.74) is 1.62. The minimum atomic E-state index is -0.438. The fourth-order valence-electron chi connectivity index (χ4n) is 2.11. The van der Waals surface area contributed by atoms with Gasteiger partial charge < -0.3 is 10.1 Å². The van der Waals surface area contributed by atoms with Crippen LogP contribution in [-0.4, -0.2) is 34.5 Å². The second-order valence-electron chi connectivity index (χ2n) is 5.64. The lowest BCUT2D eigenvalue weighted by atomic mass is 10.2. The van der Waals surface area contributed by atoms with E-state index in [0.717, 1.165) is 18.4 Å². The molecule has 7 heteroatoms. The maximum atomic E-state index is 12.8. The van der Waals surface area contributed by atoms with Crippen molar-refractivity contribution in [1.29, 1.82) is 0 Å². The number of nitrogens with one attached hydrogen (secondary N) is 1. The van der Waals surface area contributed by atoms with Crippen LogP contribution in [0.5, 0.6) is 0 Å². The summed E-state index contributed by atoms with van der Waals surface area (Å²) in [6.07, 6.45) is 5.03. The maximum absolute atomic E-state index is 12.8. The normalized spacial score (nSPS) is 11.6. The van der Waals surface area contributed by atoms with Gasteiger partial charge in [-0.3, -0.25) is 14.6 Å². The topological polar surface area (TPSA) is 68.3 Å². The Kier molecular flexibility index (Phi) is 8.08. The number of hydrogen-bond acceptors (Lipinski definition) is 5. The van der Waals surface area contributed by atoms with Crippen molar-refractivity contribution in [2.75, 3.05) is 17.7 Å². The zero-order valence-electron chi connectivity index (χ0n) is 14.5. The Morgan fingerprint density at radius 3 is 2.73 bits per heavy atom. The number of carbonyl (C=O) groups excluding carboxylic acids is 2. The van der Waals surface area contributed by atoms with Crippen molar-refractivity contribution in [3.8, 4) is 0 Å². The van der Waals surface area contributed by atoms with Gasteiger partial charge in [0.15, 0.2) is 0 Å². The van der Waals surface area contributed by atoms with E-state index in [1.807, 2.05) is 12.1 Å². The Morgan fingerprint density at radius 1 is 1.27 bits per heavy atom. The van der Waals surface area contributed by atoms with Crippen LogP contribution in [0.2, 0.25) is 0 Å². The first kappa shape index (κ1) is 19.9. The summed E-state index contributed by atoms with van der Waals surface area (Å²) in [5.74, 6) is -0.838. The second-order valence-corrected chi connectivity index (χ2v) is 6.97. The number of pyridine rings is 1. The van der Waals surface area contributed by atoms with Gasteiger partial charge >= 0.3 is 5.97 Å². The molecule has 1 heterocycles. The predicted octanol–water partition coefficient (Wildman–Crippen LogP) is 3.46. The SMILES string of the molecule is CC(SCC(=O)Nc1ccc(F)cc1)C(=O)OCCCc1cccnc1. The Balaban J connectivity index is 1.61. The highest BCUT2D eigenvalue weighted by Crippen LogP contribution is 2.14. The maximum Gasteiger partial charge on any atom is 0.318 e. The molecule has 2 aromatic rings. The molecule has 0 spiro atoms. The van der Waals surface area contributed by atoms with Gasteiger partial charge in [0.25, 0.3) is 0 Å². The summed E-state index contributed by atoms with van der Waals surface area (Å²) in [5, 5.41) is 2.21. The van der Waals surface area contributed by atoms with Crippen molar-refractivity contribution in [2.24, 2.45) is 0 Å². The number of hydrogen-bond donors (Lipinski definition) is 1. The van der Waals surface area contributed by atoms with Crippen LogP contribution >= 0.6 is 11.8 Å². The molecular weight excluding hydrogens is 355 g/mol. The van der Waals surface area contributed by atoms with Gasteiger partial charge in [-0.05, 0) is 55.7 Å². The minimum Gasteiger partial charge on any atom is -0.465 e. The van der Waals surface area contributed by atoms with E-state index in [1.54, 1.807) is 19.3 Å². The second kappa shape index (κ2) is 10.6. The monoisotopic (exact) mass is 376 g/mol. The number of amides is 1. The molecule has 0 bridgehead atoms. The number of aryl methyl sites for hydroxylation is 1. The lowest BCUT2D eigenvalue weighted by Crippen LogP contribution is -2.21. The highest BCUT2D eigenvalue weighted by molar-refractivity contribution is 8.01. The molecule has 1 N–H and O–H groups in total. The van der Waals surface area contributed by atoms with E-state index in [0.29, 0.717) is 12.3 Å². The van der Waals surface area contributed by atoms with Gasteiger partial charge in [0, 0.05) is 18.1 Å². The first-order valence-electron chi connectivity index (χ1n) is 8.27. The molecule has 1 unspecified atom stereocenters. The molecule has 1 atom stereocenters. The summed E-state index contributed by atoms with van der Waals surface area (Å²) in [6, 6.07) is 9.36. The number of esters is 1. The highest BCUT2D eigenvalue weighted by Gasteiger charge is 2.16. The van der Waals surface area contributed by atoms with Gasteiger partial charge in [0.05, 0.1) is 12.4 Å². The summed E-state index contributed by atoms with van der Waals surface area (Å²) in [6.45, 7) is 2.04. The molecular formula is C19H21FN2O3S. The fraction of sp³-hybridized carbons (Fsp3) is 0.316. The highest BCUT2D eigenvalue weighted by atomic mass is 32.2. The number of nitrogens with zero attached hydrogens (tertiary/aromatic N) is 1. The van der Waals surface area contributed by atoms with Crippen molar-refractivity contribution in [3.63, 3.8) is 0 Å². The summed E-state index contributed by atoms with van der Waals surface area (Å²) in [7, 11) is 0. The van der Waals surface area contributed by atoms with Crippen molar-refractivity contribution in [1.82, 2.24) is 4.98 Å². The van der Waals surface area contributed by atoms with Crippen LogP contribution in [-0.2, 0) is 20.7 Å². The quantitative estimate of drug-likeness (QED) is 0.536. The molecule has 1 aromatic carbocycles. The number of ether oxygens (including phenoxy) is 1. The number of halogens is 1. The molecule has 0 fully saturated rings. The summed E-state index contributed by atoms with van der Waals surface area (Å²) < 4.78 is 18.1. The van der Waals surface area contributed by atoms with Crippen LogP contribution in [0.1, 0.15) is 18.9 Å². The molecule has 0 aliphatic rings. The molecule has 1 amide bonds. The molecule has 26 heavy (non-hydrogen) atoms. The molecule has 0 saturated heterocycles. The Labute approximate surface area is 156 Å². The lowest BCUT2D eigenvalue weighted by Gasteiger charge is -2.11. The molecule has 0 aliphatic heterocycles. The number of anilines is 1. The van der Waals surface area contributed by atoms with E-state index in [-0.39, 0.29) is 23.4 Å². The third kappa shape index (κ3) is 7.23. The first-order valence-corrected chi connectivity index (χ1v) is 9.32. The molecule has 5 nitrogen and oxygen atoms in total. The van der Waals surface area contributed by atoms with E-state index in [2.05, 4.69) is 10.3 Å². The number of benzene rings is 1. The molecule has 0 radical (unpaired) electrons. The third-order valence-electron chi connectivity index (χ3n) is 3.50. The van der Waals surface area contributed by atoms with Gasteiger partial charge in [0.1, 0.15) is 11.1 Å². The molecule has 0 aliphatic carbocycles. The molecule has 0 saturated carbocycles. The van der Waals surface area contributed by atoms with Gasteiger partial charge in [-0.2, -0.15) is 0 Å². The summed E-state index contributed by atoms with van der Waals surface area (Å²) in [4.78, 5) is 27.8. The molecule has 138 valence electrons. The number of thioether (sulfide) groups is 1. The van der Waals surface area contributed by atoms with Gasteiger partial charge in [-0.15, -0.1) is 11.8 Å². The first-order chi connectivity index (χ1) is 12.5. The third-order valence-corrected chi connectivity index (χ3v) is 4.62.